The van der Waals surface area contributed by atoms with E-state index >= 15 is 0 Å². The monoisotopic (exact) mass is 536 g/mol. The lowest BCUT2D eigenvalue weighted by atomic mass is 9.72. The molecule has 2 unspecified atom stereocenters. The average Bonchev–Trinajstić information content (AvgIpc) is 2.85. The first-order chi connectivity index (χ1) is 18.8. The van der Waals surface area contributed by atoms with Gasteiger partial charge in [0, 0.05) is 24.7 Å². The molecule has 0 heterocycles. The highest BCUT2D eigenvalue weighted by Gasteiger charge is 2.27. The Balaban J connectivity index is 1.81. The first-order valence-corrected chi connectivity index (χ1v) is 15.6. The molecule has 0 heteroatoms. The van der Waals surface area contributed by atoms with Crippen molar-refractivity contribution in [3.05, 3.63) is 82.0 Å². The molecule has 2 aliphatic carbocycles. The van der Waals surface area contributed by atoms with E-state index in [1.807, 2.05) is 0 Å². The van der Waals surface area contributed by atoms with Crippen LogP contribution < -0.4 is 0 Å². The largest absolute Gasteiger partial charge is 0.101 e. The zero-order valence-electron chi connectivity index (χ0n) is 27.4. The van der Waals surface area contributed by atoms with Gasteiger partial charge in [0.05, 0.1) is 0 Å². The second kappa shape index (κ2) is 15.9. The third-order valence-corrected chi connectivity index (χ3v) is 8.48. The van der Waals surface area contributed by atoms with E-state index in [-0.39, 0.29) is 11.3 Å². The second-order valence-corrected chi connectivity index (χ2v) is 13.5. The summed E-state index contributed by atoms with van der Waals surface area (Å²) >= 11 is 0. The highest BCUT2D eigenvalue weighted by Crippen LogP contribution is 2.41. The van der Waals surface area contributed by atoms with Gasteiger partial charge in [-0.1, -0.05) is 123 Å². The van der Waals surface area contributed by atoms with Crippen molar-refractivity contribution in [3.8, 4) is 23.7 Å². The van der Waals surface area contributed by atoms with Gasteiger partial charge in [0.2, 0.25) is 0 Å². The maximum absolute atomic E-state index is 3.41. The molecule has 0 aromatic carbocycles. The lowest BCUT2D eigenvalue weighted by Crippen LogP contribution is -2.19. The Hall–Kier alpha value is -2.70. The summed E-state index contributed by atoms with van der Waals surface area (Å²) in [6, 6.07) is 0. The highest BCUT2D eigenvalue weighted by atomic mass is 14.3. The third-order valence-electron chi connectivity index (χ3n) is 8.48. The average molecular weight is 537 g/mol. The van der Waals surface area contributed by atoms with Crippen LogP contribution in [0.15, 0.2) is 82.0 Å². The van der Waals surface area contributed by atoms with Crippen molar-refractivity contribution >= 4 is 0 Å². The summed E-state index contributed by atoms with van der Waals surface area (Å²) in [5, 5.41) is 0. The lowest BCUT2D eigenvalue weighted by Gasteiger charge is -2.33. The fraction of sp³-hybridized carbons (Fsp3) is 0.550. The molecule has 0 saturated carbocycles. The molecule has 2 atom stereocenters. The topological polar surface area (TPSA) is 0 Å². The highest BCUT2D eigenvalue weighted by molar-refractivity contribution is 5.37. The molecule has 0 bridgehead atoms. The minimum atomic E-state index is 0.268. The Kier molecular flexibility index (Phi) is 13.3. The Morgan fingerprint density at radius 3 is 2.00 bits per heavy atom. The van der Waals surface area contributed by atoms with Gasteiger partial charge < -0.3 is 0 Å². The number of rotatable bonds is 8. The standard InChI is InChI=1S/C40H56/c1-31(19-13-21-33(3)25-27-37-35(5)23-15-29-39(37,7)8)17-11-12-18-32(2)20-14-22-34(4)26-28-38-36(6)24-16-30-40(38,9)10/h13,17,19,21,25-28,32,34H,11,15-16,20,23-24,29-30H2,1-10H3/b19-13+,27-25+,28-26+,31-17+,33-21-. The molecule has 0 saturated heterocycles. The molecule has 0 amide bonds. The number of allylic oxidation sites excluding steroid dienone is 14. The van der Waals surface area contributed by atoms with E-state index in [0.717, 1.165) is 12.8 Å². The van der Waals surface area contributed by atoms with Crippen LogP contribution in [0.2, 0.25) is 0 Å². The Morgan fingerprint density at radius 1 is 0.800 bits per heavy atom. The van der Waals surface area contributed by atoms with Crippen molar-refractivity contribution in [2.24, 2.45) is 22.7 Å². The summed E-state index contributed by atoms with van der Waals surface area (Å²) < 4.78 is 0. The van der Waals surface area contributed by atoms with Crippen molar-refractivity contribution < 1.29 is 0 Å². The first-order valence-electron chi connectivity index (χ1n) is 15.6. The van der Waals surface area contributed by atoms with E-state index in [4.69, 9.17) is 0 Å². The van der Waals surface area contributed by atoms with E-state index in [9.17, 15) is 0 Å². The predicted molar refractivity (Wildman–Crippen MR) is 179 cm³/mol. The van der Waals surface area contributed by atoms with Crippen LogP contribution in [0.5, 0.6) is 0 Å². The second-order valence-electron chi connectivity index (χ2n) is 13.5. The predicted octanol–water partition coefficient (Wildman–Crippen LogP) is 11.7. The molecule has 0 aliphatic heterocycles. The molecule has 0 nitrogen and oxygen atoms in total. The van der Waals surface area contributed by atoms with Crippen LogP contribution in [0, 0.1) is 46.3 Å². The van der Waals surface area contributed by atoms with Crippen LogP contribution in [-0.2, 0) is 0 Å². The quantitative estimate of drug-likeness (QED) is 0.214. The molecule has 0 radical (unpaired) electrons. The van der Waals surface area contributed by atoms with Gasteiger partial charge in [0.15, 0.2) is 0 Å². The minimum absolute atomic E-state index is 0.268. The van der Waals surface area contributed by atoms with E-state index in [2.05, 4.69) is 142 Å². The molecule has 0 aromatic rings. The van der Waals surface area contributed by atoms with Crippen LogP contribution in [0.25, 0.3) is 0 Å². The van der Waals surface area contributed by atoms with E-state index < -0.39 is 0 Å². The molecule has 0 aromatic heterocycles. The van der Waals surface area contributed by atoms with Gasteiger partial charge in [-0.2, -0.15) is 0 Å². The van der Waals surface area contributed by atoms with Gasteiger partial charge in [-0.3, -0.25) is 0 Å². The van der Waals surface area contributed by atoms with Gasteiger partial charge in [0.25, 0.3) is 0 Å². The van der Waals surface area contributed by atoms with Gasteiger partial charge in [-0.15, -0.1) is 5.92 Å². The third kappa shape index (κ3) is 11.4. The van der Waals surface area contributed by atoms with Crippen molar-refractivity contribution in [2.75, 3.05) is 0 Å². The maximum atomic E-state index is 3.41. The van der Waals surface area contributed by atoms with Gasteiger partial charge in [-0.05, 0) is 95.1 Å². The zero-order valence-corrected chi connectivity index (χ0v) is 27.4. The number of hydrogen-bond acceptors (Lipinski definition) is 0. The Labute approximate surface area is 248 Å². The first kappa shape index (κ1) is 33.5. The summed E-state index contributed by atoms with van der Waals surface area (Å²) in [4.78, 5) is 0. The van der Waals surface area contributed by atoms with Crippen molar-refractivity contribution in [2.45, 2.75) is 121 Å². The van der Waals surface area contributed by atoms with E-state index in [1.165, 1.54) is 60.8 Å². The van der Waals surface area contributed by atoms with E-state index in [0.29, 0.717) is 11.3 Å². The lowest BCUT2D eigenvalue weighted by molar-refractivity contribution is 0.376. The van der Waals surface area contributed by atoms with Gasteiger partial charge in [-0.25, -0.2) is 0 Å². The normalized spacial score (nSPS) is 21.4. The van der Waals surface area contributed by atoms with Crippen LogP contribution in [-0.4, -0.2) is 0 Å². The molecule has 0 N–H and O–H groups in total. The van der Waals surface area contributed by atoms with Crippen molar-refractivity contribution in [3.63, 3.8) is 0 Å². The molecule has 216 valence electrons. The molecule has 0 fully saturated rings. The van der Waals surface area contributed by atoms with Crippen LogP contribution in [0.1, 0.15) is 121 Å². The molecule has 40 heavy (non-hydrogen) atoms. The Morgan fingerprint density at radius 2 is 1.40 bits per heavy atom. The molecular weight excluding hydrogens is 480 g/mol. The SMILES string of the molecule is CC1=C(/C=C/C(C)=C\C=C\C(C)=C\CC#CC(C)CC#CC(C)/C=C/C2=C(C)CCCC2(C)C)C(C)(C)CCC1. The summed E-state index contributed by atoms with van der Waals surface area (Å²) in [7, 11) is 0. The van der Waals surface area contributed by atoms with Gasteiger partial charge in [0.1, 0.15) is 0 Å². The van der Waals surface area contributed by atoms with E-state index in [1.54, 1.807) is 11.1 Å². The fourth-order valence-electron chi connectivity index (χ4n) is 5.87. The van der Waals surface area contributed by atoms with Crippen molar-refractivity contribution in [1.29, 1.82) is 0 Å². The summed E-state index contributed by atoms with van der Waals surface area (Å²) in [6.45, 7) is 22.7. The maximum Gasteiger partial charge on any atom is 0.0357 e. The summed E-state index contributed by atoms with van der Waals surface area (Å²) in [5.41, 5.74) is 9.22. The minimum Gasteiger partial charge on any atom is -0.101 e. The Bertz CT molecular complexity index is 1200. The summed E-state index contributed by atoms with van der Waals surface area (Å²) in [6.07, 6.45) is 27.2. The number of hydrogen-bond donors (Lipinski definition) is 0. The molecule has 2 aliphatic rings. The van der Waals surface area contributed by atoms with Crippen molar-refractivity contribution in [1.82, 2.24) is 0 Å². The van der Waals surface area contributed by atoms with Gasteiger partial charge >= 0.3 is 0 Å². The smallest absolute Gasteiger partial charge is 0.0357 e. The van der Waals surface area contributed by atoms with Crippen LogP contribution >= 0.6 is 0 Å². The zero-order chi connectivity index (χ0) is 29.8. The summed E-state index contributed by atoms with van der Waals surface area (Å²) in [5.74, 6) is 14.0. The van der Waals surface area contributed by atoms with Crippen LogP contribution in [0.3, 0.4) is 0 Å². The molecule has 0 spiro atoms. The fourth-order valence-corrected chi connectivity index (χ4v) is 5.87. The van der Waals surface area contributed by atoms with Crippen LogP contribution in [0.4, 0.5) is 0 Å². The molecular formula is C40H56. The molecule has 2 rings (SSSR count).